The van der Waals surface area contributed by atoms with Gasteiger partial charge >= 0.3 is 0 Å². The van der Waals surface area contributed by atoms with E-state index in [2.05, 4.69) is 214 Å². The zero-order valence-electron chi connectivity index (χ0n) is 35.6. The molecule has 2 aliphatic rings. The fourth-order valence-electron chi connectivity index (χ4n) is 9.83. The summed E-state index contributed by atoms with van der Waals surface area (Å²) in [4.78, 5) is 8.43. The Bertz CT molecular complexity index is 3330. The molecule has 0 fully saturated rings. The Hall–Kier alpha value is -6.59. The number of hydrogen-bond acceptors (Lipinski definition) is 4. The first-order valence-corrected chi connectivity index (χ1v) is 23.1. The molecule has 0 N–H and O–H groups in total. The second kappa shape index (κ2) is 16.3. The van der Waals surface area contributed by atoms with E-state index in [0.717, 1.165) is 28.6 Å². The highest BCUT2D eigenvalue weighted by Gasteiger charge is 2.28. The van der Waals surface area contributed by atoms with Crippen LogP contribution < -0.4 is 4.90 Å². The number of thiol groups is 1. The summed E-state index contributed by atoms with van der Waals surface area (Å²) in [6.07, 6.45) is 5.61. The van der Waals surface area contributed by atoms with Crippen molar-refractivity contribution in [3.63, 3.8) is 0 Å². The van der Waals surface area contributed by atoms with Crippen molar-refractivity contribution in [2.24, 2.45) is 4.99 Å². The van der Waals surface area contributed by atoms with Crippen molar-refractivity contribution in [2.45, 2.75) is 37.0 Å². The highest BCUT2D eigenvalue weighted by atomic mass is 32.2. The molecule has 0 amide bonds. The van der Waals surface area contributed by atoms with E-state index in [4.69, 9.17) is 17.6 Å². The van der Waals surface area contributed by atoms with Crippen LogP contribution in [0.1, 0.15) is 30.0 Å². The topological polar surface area (TPSA) is 15.6 Å². The molecule has 0 saturated carbocycles. The summed E-state index contributed by atoms with van der Waals surface area (Å²) in [5.41, 5.74) is 17.0. The molecule has 0 bridgehead atoms. The molecule has 1 heterocycles. The summed E-state index contributed by atoms with van der Waals surface area (Å²) < 4.78 is 0. The van der Waals surface area contributed by atoms with Crippen LogP contribution in [-0.4, -0.2) is 17.3 Å². The molecule has 304 valence electrons. The molecule has 1 aliphatic heterocycles. The number of aliphatic imine (C=N–C) groups is 1. The van der Waals surface area contributed by atoms with Crippen molar-refractivity contribution in [2.75, 3.05) is 11.9 Å². The molecule has 0 aromatic heterocycles. The van der Waals surface area contributed by atoms with Crippen LogP contribution in [0.2, 0.25) is 0 Å². The van der Waals surface area contributed by atoms with Crippen molar-refractivity contribution < 1.29 is 0 Å². The number of fused-ring (bicyclic) bond motifs is 4. The van der Waals surface area contributed by atoms with E-state index in [-0.39, 0.29) is 0 Å². The second-order valence-corrected chi connectivity index (χ2v) is 18.6. The lowest BCUT2D eigenvalue weighted by Crippen LogP contribution is -2.16. The Kier molecular flexibility index (Phi) is 10.1. The first-order chi connectivity index (χ1) is 30.9. The maximum absolute atomic E-state index is 5.15. The standard InChI is InChI=1S/C59H46N2S2/c1-37-23-33-52-49(34-37)60-59(63-52)44-30-28-43(29-31-44)56-48-21-13-12-20-47(48)55(42-26-24-39(25-27-42)36-61(3)50-32-22-38(2)35-51(50)62)57-53(40-14-6-4-7-15-40)45-18-10-11-19-46(45)54(58(56)57)41-16-8-5-9-17-41/h4-32,34-35,52,62H,33,36H2,1-3H3. The van der Waals surface area contributed by atoms with Gasteiger partial charge in [0.25, 0.3) is 0 Å². The number of hydrogen-bond donors (Lipinski definition) is 1. The van der Waals surface area contributed by atoms with Crippen molar-refractivity contribution in [1.82, 2.24) is 0 Å². The van der Waals surface area contributed by atoms with Crippen LogP contribution in [0.25, 0.3) is 76.8 Å². The highest BCUT2D eigenvalue weighted by molar-refractivity contribution is 8.15. The quantitative estimate of drug-likeness (QED) is 0.121. The molecule has 1 atom stereocenters. The van der Waals surface area contributed by atoms with Crippen molar-refractivity contribution in [3.05, 3.63) is 216 Å². The number of nitrogens with zero attached hydrogens (tertiary/aromatic N) is 2. The Morgan fingerprint density at radius 2 is 1.02 bits per heavy atom. The molecule has 11 rings (SSSR count). The lowest BCUT2D eigenvalue weighted by atomic mass is 9.77. The molecule has 0 radical (unpaired) electrons. The average molecular weight is 847 g/mol. The van der Waals surface area contributed by atoms with E-state index in [1.807, 2.05) is 11.8 Å². The average Bonchev–Trinajstić information content (AvgIpc) is 3.74. The molecule has 1 aliphatic carbocycles. The summed E-state index contributed by atoms with van der Waals surface area (Å²) in [5, 5.41) is 8.96. The number of anilines is 1. The predicted molar refractivity (Wildman–Crippen MR) is 276 cm³/mol. The molecular formula is C59H46N2S2. The van der Waals surface area contributed by atoms with Gasteiger partial charge in [0.05, 0.1) is 16.6 Å². The summed E-state index contributed by atoms with van der Waals surface area (Å²) in [6, 6.07) is 65.1. The van der Waals surface area contributed by atoms with Crippen LogP contribution in [0.15, 0.2) is 209 Å². The molecule has 9 aromatic rings. The third-order valence-electron chi connectivity index (χ3n) is 12.8. The van der Waals surface area contributed by atoms with Crippen molar-refractivity contribution >= 4 is 67.4 Å². The number of thioether (sulfide) groups is 1. The minimum atomic E-state index is 0.394. The van der Waals surface area contributed by atoms with Crippen molar-refractivity contribution in [1.29, 1.82) is 0 Å². The molecule has 0 saturated heterocycles. The van der Waals surface area contributed by atoms with Gasteiger partial charge in [-0.3, -0.25) is 0 Å². The number of rotatable bonds is 8. The third kappa shape index (κ3) is 7.08. The van der Waals surface area contributed by atoms with Gasteiger partial charge in [0.2, 0.25) is 0 Å². The molecule has 2 nitrogen and oxygen atoms in total. The highest BCUT2D eigenvalue weighted by Crippen LogP contribution is 2.53. The van der Waals surface area contributed by atoms with E-state index in [0.29, 0.717) is 5.25 Å². The van der Waals surface area contributed by atoms with Crippen LogP contribution in [0.3, 0.4) is 0 Å². The van der Waals surface area contributed by atoms with Crippen LogP contribution in [0.4, 0.5) is 5.69 Å². The zero-order valence-corrected chi connectivity index (χ0v) is 37.4. The van der Waals surface area contributed by atoms with Gasteiger partial charge in [-0.15, -0.1) is 12.6 Å². The Balaban J connectivity index is 1.19. The molecule has 9 aromatic carbocycles. The SMILES string of the molecule is CC1=CCC2SC(c3ccc(-c4c5ccccc5c(-c5ccc(CN(C)c6ccc(C)cc6S)cc5)c5c(-c6ccccc6)c6ccccc6c(-c6ccccc6)c45)cc3)=NC2=C1. The summed E-state index contributed by atoms with van der Waals surface area (Å²) in [7, 11) is 2.15. The molecule has 0 spiro atoms. The summed E-state index contributed by atoms with van der Waals surface area (Å²) >= 11 is 6.72. The summed E-state index contributed by atoms with van der Waals surface area (Å²) in [5.74, 6) is 0. The molecule has 63 heavy (non-hydrogen) atoms. The number of allylic oxidation sites excluding steroid dienone is 3. The van der Waals surface area contributed by atoms with Crippen LogP contribution in [0, 0.1) is 6.92 Å². The number of aryl methyl sites for hydroxylation is 1. The van der Waals surface area contributed by atoms with E-state index >= 15 is 0 Å². The minimum absolute atomic E-state index is 0.394. The molecule has 1 unspecified atom stereocenters. The van der Waals surface area contributed by atoms with Gasteiger partial charge < -0.3 is 4.90 Å². The Morgan fingerprint density at radius 3 is 1.52 bits per heavy atom. The first kappa shape index (κ1) is 39.3. The fourth-order valence-corrected chi connectivity index (χ4v) is 11.4. The van der Waals surface area contributed by atoms with E-state index < -0.39 is 0 Å². The van der Waals surface area contributed by atoms with Gasteiger partial charge in [-0.2, -0.15) is 0 Å². The normalized spacial score (nSPS) is 14.7. The molecular weight excluding hydrogens is 801 g/mol. The van der Waals surface area contributed by atoms with Crippen molar-refractivity contribution in [3.8, 4) is 44.5 Å². The summed E-state index contributed by atoms with van der Waals surface area (Å²) in [6.45, 7) is 5.05. The minimum Gasteiger partial charge on any atom is -0.369 e. The van der Waals surface area contributed by atoms with Gasteiger partial charge in [-0.25, -0.2) is 4.99 Å². The predicted octanol–water partition coefficient (Wildman–Crippen LogP) is 16.1. The maximum atomic E-state index is 5.15. The Labute approximate surface area is 379 Å². The van der Waals surface area contributed by atoms with E-state index in [1.165, 1.54) is 105 Å². The maximum Gasteiger partial charge on any atom is 0.104 e. The largest absolute Gasteiger partial charge is 0.369 e. The van der Waals surface area contributed by atoms with Gasteiger partial charge in [-0.05, 0) is 126 Å². The lowest BCUT2D eigenvalue weighted by molar-refractivity contribution is 0.909. The van der Waals surface area contributed by atoms with Crippen LogP contribution in [-0.2, 0) is 6.54 Å². The molecule has 4 heteroatoms. The number of benzene rings is 9. The second-order valence-electron chi connectivity index (χ2n) is 17.0. The smallest absolute Gasteiger partial charge is 0.104 e. The van der Waals surface area contributed by atoms with Crippen LogP contribution >= 0.6 is 24.4 Å². The lowest BCUT2D eigenvalue weighted by Gasteiger charge is -2.25. The van der Waals surface area contributed by atoms with Gasteiger partial charge in [0.1, 0.15) is 5.04 Å². The third-order valence-corrected chi connectivity index (χ3v) is 14.4. The van der Waals surface area contributed by atoms with E-state index in [9.17, 15) is 0 Å². The Morgan fingerprint density at radius 1 is 0.556 bits per heavy atom. The zero-order chi connectivity index (χ0) is 42.6. The van der Waals surface area contributed by atoms with Gasteiger partial charge in [-0.1, -0.05) is 187 Å². The monoisotopic (exact) mass is 846 g/mol. The van der Waals surface area contributed by atoms with Crippen LogP contribution in [0.5, 0.6) is 0 Å². The van der Waals surface area contributed by atoms with Gasteiger partial charge in [0.15, 0.2) is 0 Å². The van der Waals surface area contributed by atoms with Gasteiger partial charge in [0, 0.05) is 24.1 Å². The van der Waals surface area contributed by atoms with E-state index in [1.54, 1.807) is 0 Å². The first-order valence-electron chi connectivity index (χ1n) is 21.8. The fraction of sp³-hybridized carbons (Fsp3) is 0.102.